The Labute approximate surface area is 145 Å². The molecule has 1 aliphatic rings. The number of aromatic nitrogens is 4. The number of anilines is 1. The molecule has 0 aliphatic carbocycles. The van der Waals surface area contributed by atoms with E-state index in [1.165, 1.54) is 9.42 Å². The van der Waals surface area contributed by atoms with E-state index in [1.54, 1.807) is 13.1 Å². The van der Waals surface area contributed by atoms with Crippen LogP contribution >= 0.6 is 0 Å². The van der Waals surface area contributed by atoms with Crippen LogP contribution in [-0.2, 0) is 9.84 Å². The van der Waals surface area contributed by atoms with Crippen LogP contribution in [0.2, 0.25) is 0 Å². The number of carbonyl (C=O) groups is 1. The number of nitrogens with zero attached hydrogens (tertiary/aromatic N) is 6. The molecule has 1 N–H and O–H groups in total. The fourth-order valence-electron chi connectivity index (χ4n) is 2.95. The van der Waals surface area contributed by atoms with Gasteiger partial charge in [0.05, 0.1) is 6.20 Å². The number of hydrogen-bond acceptors (Lipinski definition) is 7. The molecule has 0 aromatic carbocycles. The molecule has 2 aromatic rings. The lowest BCUT2D eigenvalue weighted by Gasteiger charge is -2.40. The van der Waals surface area contributed by atoms with Gasteiger partial charge < -0.3 is 14.9 Å². The number of fused-ring (bicyclic) bond motifs is 1. The van der Waals surface area contributed by atoms with Crippen LogP contribution in [0.4, 0.5) is 10.7 Å². The van der Waals surface area contributed by atoms with E-state index in [0.717, 1.165) is 11.8 Å². The number of sulfone groups is 1. The molecule has 1 fully saturated rings. The molecule has 0 spiro atoms. The number of aryl methyl sites for hydroxylation is 1. The summed E-state index contributed by atoms with van der Waals surface area (Å²) in [6.07, 6.45) is 2.39. The lowest BCUT2D eigenvalue weighted by atomic mass is 10.1. The van der Waals surface area contributed by atoms with Crippen molar-refractivity contribution in [3.8, 4) is 0 Å². The molecule has 1 saturated heterocycles. The minimum atomic E-state index is -3.59. The molecule has 136 valence electrons. The molecule has 2 aromatic heterocycles. The lowest BCUT2D eigenvalue weighted by molar-refractivity contribution is 0.134. The third-order valence-electron chi connectivity index (χ3n) is 4.32. The second-order valence-electron chi connectivity index (χ2n) is 6.13. The summed E-state index contributed by atoms with van der Waals surface area (Å²) in [5.41, 5.74) is 1.17. The third-order valence-corrected chi connectivity index (χ3v) is 5.17. The molecule has 25 heavy (non-hydrogen) atoms. The molecule has 1 amide bonds. The molecule has 11 heteroatoms. The number of carboxylic acid groups (broad SMARTS) is 1. The van der Waals surface area contributed by atoms with Gasteiger partial charge in [-0.15, -0.1) is 0 Å². The highest BCUT2D eigenvalue weighted by Crippen LogP contribution is 2.23. The van der Waals surface area contributed by atoms with Crippen LogP contribution in [0.15, 0.2) is 11.4 Å². The molecule has 1 atom stereocenters. The van der Waals surface area contributed by atoms with Crippen molar-refractivity contribution < 1.29 is 18.3 Å². The highest BCUT2D eigenvalue weighted by molar-refractivity contribution is 7.90. The first-order chi connectivity index (χ1) is 11.7. The largest absolute Gasteiger partial charge is 0.465 e. The van der Waals surface area contributed by atoms with E-state index in [2.05, 4.69) is 15.1 Å². The van der Waals surface area contributed by atoms with Crippen LogP contribution in [-0.4, -0.2) is 76.0 Å². The first-order valence-corrected chi connectivity index (χ1v) is 9.78. The van der Waals surface area contributed by atoms with Crippen molar-refractivity contribution in [1.82, 2.24) is 24.5 Å². The SMILES string of the molecule is CC[C@H]1CN(C(=O)O)CCN1c1nc(S(C)(=O)=O)nc2c(C)cnn12. The first-order valence-electron chi connectivity index (χ1n) is 7.89. The topological polar surface area (TPSA) is 121 Å². The van der Waals surface area contributed by atoms with Crippen molar-refractivity contribution in [3.05, 3.63) is 11.8 Å². The maximum Gasteiger partial charge on any atom is 0.407 e. The summed E-state index contributed by atoms with van der Waals surface area (Å²) in [5.74, 6) is 0.371. The average molecular weight is 368 g/mol. The predicted molar refractivity (Wildman–Crippen MR) is 89.7 cm³/mol. The Hall–Kier alpha value is -2.43. The maximum absolute atomic E-state index is 12.0. The predicted octanol–water partition coefficient (Wildman–Crippen LogP) is 0.415. The number of amides is 1. The van der Waals surface area contributed by atoms with Gasteiger partial charge in [-0.25, -0.2) is 13.2 Å². The molecule has 10 nitrogen and oxygen atoms in total. The van der Waals surface area contributed by atoms with Crippen molar-refractivity contribution >= 4 is 27.5 Å². The molecular formula is C14H20N6O4S. The van der Waals surface area contributed by atoms with E-state index >= 15 is 0 Å². The standard InChI is InChI=1S/C14H20N6O4S/c1-4-10-8-18(14(21)22)5-6-19(10)13-17-12(25(3,23)24)16-11-9(2)7-15-20(11)13/h7,10H,4-6,8H2,1-3H3,(H,21,22)/t10-/m0/s1. The average Bonchev–Trinajstić information content (AvgIpc) is 2.94. The van der Waals surface area contributed by atoms with Gasteiger partial charge in [0.1, 0.15) is 0 Å². The van der Waals surface area contributed by atoms with Gasteiger partial charge in [0, 0.05) is 37.5 Å². The Morgan fingerprint density at radius 2 is 2.08 bits per heavy atom. The summed E-state index contributed by atoms with van der Waals surface area (Å²) >= 11 is 0. The summed E-state index contributed by atoms with van der Waals surface area (Å²) in [6.45, 7) is 4.79. The normalized spacial score (nSPS) is 18.8. The van der Waals surface area contributed by atoms with Crippen LogP contribution in [0.1, 0.15) is 18.9 Å². The van der Waals surface area contributed by atoms with Crippen molar-refractivity contribution in [2.45, 2.75) is 31.5 Å². The smallest absolute Gasteiger partial charge is 0.407 e. The molecule has 0 saturated carbocycles. The van der Waals surface area contributed by atoms with Crippen LogP contribution in [0.3, 0.4) is 0 Å². The summed E-state index contributed by atoms with van der Waals surface area (Å²) in [7, 11) is -3.59. The highest BCUT2D eigenvalue weighted by atomic mass is 32.2. The summed E-state index contributed by atoms with van der Waals surface area (Å²) in [6, 6.07) is -0.125. The van der Waals surface area contributed by atoms with E-state index in [0.29, 0.717) is 37.7 Å². The lowest BCUT2D eigenvalue weighted by Crippen LogP contribution is -2.55. The van der Waals surface area contributed by atoms with Crippen molar-refractivity contribution in [2.75, 3.05) is 30.8 Å². The summed E-state index contributed by atoms with van der Waals surface area (Å²) < 4.78 is 25.5. The molecule has 3 heterocycles. The van der Waals surface area contributed by atoms with Crippen LogP contribution < -0.4 is 4.90 Å². The molecule has 1 aliphatic heterocycles. The van der Waals surface area contributed by atoms with Gasteiger partial charge in [-0.2, -0.15) is 19.6 Å². The minimum absolute atomic E-state index is 0.125. The monoisotopic (exact) mass is 368 g/mol. The summed E-state index contributed by atoms with van der Waals surface area (Å²) in [5, 5.41) is 13.2. The Morgan fingerprint density at radius 3 is 2.68 bits per heavy atom. The van der Waals surface area contributed by atoms with Gasteiger partial charge in [0.15, 0.2) is 5.65 Å². The molecular weight excluding hydrogens is 348 g/mol. The minimum Gasteiger partial charge on any atom is -0.465 e. The van der Waals surface area contributed by atoms with Gasteiger partial charge >= 0.3 is 6.09 Å². The van der Waals surface area contributed by atoms with Gasteiger partial charge in [-0.3, -0.25) is 0 Å². The van der Waals surface area contributed by atoms with E-state index in [9.17, 15) is 18.3 Å². The maximum atomic E-state index is 12.0. The van der Waals surface area contributed by atoms with E-state index in [-0.39, 0.29) is 11.2 Å². The van der Waals surface area contributed by atoms with Gasteiger partial charge in [0.2, 0.25) is 15.8 Å². The zero-order valence-corrected chi connectivity index (χ0v) is 15.1. The third kappa shape index (κ3) is 3.11. The van der Waals surface area contributed by atoms with Crippen LogP contribution in [0, 0.1) is 6.92 Å². The van der Waals surface area contributed by atoms with E-state index < -0.39 is 15.9 Å². The van der Waals surface area contributed by atoms with Crippen LogP contribution in [0.25, 0.3) is 5.65 Å². The molecule has 3 rings (SSSR count). The Morgan fingerprint density at radius 1 is 1.36 bits per heavy atom. The first kappa shape index (κ1) is 17.4. The molecule has 0 bridgehead atoms. The summed E-state index contributed by atoms with van der Waals surface area (Å²) in [4.78, 5) is 22.9. The van der Waals surface area contributed by atoms with Gasteiger partial charge in [-0.1, -0.05) is 6.92 Å². The number of piperazine rings is 1. The zero-order chi connectivity index (χ0) is 18.4. The van der Waals surface area contributed by atoms with Gasteiger partial charge in [-0.05, 0) is 13.3 Å². The van der Waals surface area contributed by atoms with Crippen LogP contribution in [0.5, 0.6) is 0 Å². The molecule has 0 unspecified atom stereocenters. The van der Waals surface area contributed by atoms with Crippen molar-refractivity contribution in [1.29, 1.82) is 0 Å². The van der Waals surface area contributed by atoms with E-state index in [4.69, 9.17) is 0 Å². The second kappa shape index (κ2) is 6.14. The fraction of sp³-hybridized carbons (Fsp3) is 0.571. The Kier molecular flexibility index (Phi) is 4.27. The molecule has 0 radical (unpaired) electrons. The van der Waals surface area contributed by atoms with Crippen molar-refractivity contribution in [2.24, 2.45) is 0 Å². The van der Waals surface area contributed by atoms with Crippen molar-refractivity contribution in [3.63, 3.8) is 0 Å². The quantitative estimate of drug-likeness (QED) is 0.827. The van der Waals surface area contributed by atoms with E-state index in [1.807, 2.05) is 11.8 Å². The second-order valence-corrected chi connectivity index (χ2v) is 8.03. The van der Waals surface area contributed by atoms with Gasteiger partial charge in [0.25, 0.3) is 5.16 Å². The number of rotatable bonds is 3. The Bertz CT molecular complexity index is 925. The Balaban J connectivity index is 2.12. The number of hydrogen-bond donors (Lipinski definition) is 1. The fourth-order valence-corrected chi connectivity index (χ4v) is 3.45. The zero-order valence-electron chi connectivity index (χ0n) is 14.2. The highest BCUT2D eigenvalue weighted by Gasteiger charge is 2.32.